The molecule has 0 spiro atoms. The molecule has 1 heterocycles. The normalized spacial score (nSPS) is 13.1. The van der Waals surface area contributed by atoms with Crippen molar-refractivity contribution in [1.29, 1.82) is 0 Å². The Kier molecular flexibility index (Phi) is 3.80. The second-order valence-electron chi connectivity index (χ2n) is 3.30. The summed E-state index contributed by atoms with van der Waals surface area (Å²) in [6, 6.07) is 5.57. The Bertz CT molecular complexity index is 710. The van der Waals surface area contributed by atoms with E-state index in [9.17, 15) is 12.6 Å². The minimum absolute atomic E-state index is 0.00331. The standard InChI is InChI=1S/C8H8N4O4S3/c9-5-1-3-6(4-2-5)19(15,16)12-7-10-11-8(17-7)18(13)14/h1-4H,9H2,(H,10,12)(H,13,14). The molecule has 1 aromatic carbocycles. The van der Waals surface area contributed by atoms with Crippen LogP contribution >= 0.6 is 11.3 Å². The molecule has 0 aliphatic rings. The zero-order valence-corrected chi connectivity index (χ0v) is 11.6. The number of nitrogens with zero attached hydrogens (tertiary/aromatic N) is 2. The number of anilines is 2. The fraction of sp³-hybridized carbons (Fsp3) is 0. The minimum Gasteiger partial charge on any atom is -0.399 e. The van der Waals surface area contributed by atoms with E-state index in [0.717, 1.165) is 0 Å². The largest absolute Gasteiger partial charge is 0.399 e. The van der Waals surface area contributed by atoms with Gasteiger partial charge in [-0.05, 0) is 24.3 Å². The summed E-state index contributed by atoms with van der Waals surface area (Å²) in [4.78, 5) is 0.00331. The fourth-order valence-electron chi connectivity index (χ4n) is 1.14. The van der Waals surface area contributed by atoms with Gasteiger partial charge in [-0.3, -0.25) is 4.72 Å². The van der Waals surface area contributed by atoms with Crippen LogP contribution in [-0.4, -0.2) is 27.4 Å². The first-order valence-corrected chi connectivity index (χ1v) is 8.12. The molecule has 4 N–H and O–H groups in total. The van der Waals surface area contributed by atoms with Gasteiger partial charge in [0.25, 0.3) is 10.0 Å². The molecule has 0 bridgehead atoms. The molecule has 19 heavy (non-hydrogen) atoms. The Balaban J connectivity index is 2.25. The molecule has 11 heteroatoms. The maximum absolute atomic E-state index is 11.9. The van der Waals surface area contributed by atoms with Crippen LogP contribution < -0.4 is 10.5 Å². The highest BCUT2D eigenvalue weighted by Gasteiger charge is 2.17. The van der Waals surface area contributed by atoms with Crippen LogP contribution in [0.4, 0.5) is 10.8 Å². The molecule has 1 aromatic heterocycles. The van der Waals surface area contributed by atoms with Crippen LogP contribution in [0.2, 0.25) is 0 Å². The molecule has 0 radical (unpaired) electrons. The first-order chi connectivity index (χ1) is 8.88. The van der Waals surface area contributed by atoms with Gasteiger partial charge in [0.2, 0.25) is 20.6 Å². The maximum Gasteiger partial charge on any atom is 0.263 e. The summed E-state index contributed by atoms with van der Waals surface area (Å²) in [6.07, 6.45) is 0. The molecular weight excluding hydrogens is 312 g/mol. The van der Waals surface area contributed by atoms with E-state index in [1.807, 2.05) is 0 Å². The lowest BCUT2D eigenvalue weighted by molar-refractivity contribution is 0.562. The lowest BCUT2D eigenvalue weighted by Gasteiger charge is -2.04. The van der Waals surface area contributed by atoms with Gasteiger partial charge in [-0.25, -0.2) is 12.6 Å². The minimum atomic E-state index is -3.82. The second-order valence-corrected chi connectivity index (χ2v) is 7.10. The van der Waals surface area contributed by atoms with Gasteiger partial charge >= 0.3 is 0 Å². The zero-order valence-electron chi connectivity index (χ0n) is 9.18. The SMILES string of the molecule is Nc1ccc(S(=O)(=O)Nc2nnc(S(=O)O)s2)cc1. The van der Waals surface area contributed by atoms with Gasteiger partial charge in [-0.2, -0.15) is 0 Å². The van der Waals surface area contributed by atoms with Crippen molar-refractivity contribution in [1.82, 2.24) is 10.2 Å². The number of sulfonamides is 1. The zero-order chi connectivity index (χ0) is 14.0. The van der Waals surface area contributed by atoms with Crippen LogP contribution in [0.15, 0.2) is 33.5 Å². The second kappa shape index (κ2) is 5.21. The van der Waals surface area contributed by atoms with Crippen molar-refractivity contribution in [2.45, 2.75) is 9.24 Å². The number of nitrogens with two attached hydrogens (primary N) is 1. The van der Waals surface area contributed by atoms with Crippen LogP contribution in [0, 0.1) is 0 Å². The van der Waals surface area contributed by atoms with E-state index in [-0.39, 0.29) is 14.4 Å². The summed E-state index contributed by atoms with van der Waals surface area (Å²) in [5, 5.41) is 6.76. The van der Waals surface area contributed by atoms with Crippen molar-refractivity contribution in [2.24, 2.45) is 0 Å². The summed E-state index contributed by atoms with van der Waals surface area (Å²) in [6.45, 7) is 0. The summed E-state index contributed by atoms with van der Waals surface area (Å²) in [7, 11) is -3.82. The Morgan fingerprint density at radius 1 is 1.26 bits per heavy atom. The average molecular weight is 320 g/mol. The number of rotatable bonds is 4. The number of nitrogens with one attached hydrogen (secondary N) is 1. The summed E-state index contributed by atoms with van der Waals surface area (Å²) in [5.41, 5.74) is 5.90. The van der Waals surface area contributed by atoms with E-state index < -0.39 is 21.1 Å². The molecule has 0 saturated heterocycles. The molecule has 1 atom stereocenters. The van der Waals surface area contributed by atoms with Crippen LogP contribution in [-0.2, 0) is 21.1 Å². The predicted octanol–water partition coefficient (Wildman–Crippen LogP) is 0.502. The molecule has 0 amide bonds. The van der Waals surface area contributed by atoms with E-state index >= 15 is 0 Å². The number of nitrogen functional groups attached to an aromatic ring is 1. The van der Waals surface area contributed by atoms with Gasteiger partial charge in [-0.15, -0.1) is 10.2 Å². The molecule has 1 unspecified atom stereocenters. The maximum atomic E-state index is 11.9. The van der Waals surface area contributed by atoms with Crippen molar-refractivity contribution in [2.75, 3.05) is 10.5 Å². The van der Waals surface area contributed by atoms with E-state index in [4.69, 9.17) is 10.3 Å². The number of benzene rings is 1. The molecule has 0 aliphatic heterocycles. The van der Waals surface area contributed by atoms with E-state index in [0.29, 0.717) is 17.0 Å². The van der Waals surface area contributed by atoms with E-state index in [1.54, 1.807) is 0 Å². The average Bonchev–Trinajstić information content (AvgIpc) is 2.77. The Labute approximate surface area is 115 Å². The highest BCUT2D eigenvalue weighted by Crippen LogP contribution is 2.21. The van der Waals surface area contributed by atoms with Crippen molar-refractivity contribution in [3.05, 3.63) is 24.3 Å². The topological polar surface area (TPSA) is 135 Å². The first kappa shape index (κ1) is 13.9. The molecule has 2 rings (SSSR count). The Morgan fingerprint density at radius 3 is 2.42 bits per heavy atom. The van der Waals surface area contributed by atoms with Gasteiger partial charge in [-0.1, -0.05) is 11.3 Å². The van der Waals surface area contributed by atoms with Crippen LogP contribution in [0.1, 0.15) is 0 Å². The van der Waals surface area contributed by atoms with Crippen LogP contribution in [0.5, 0.6) is 0 Å². The third-order valence-corrected chi connectivity index (χ3v) is 5.14. The van der Waals surface area contributed by atoms with Gasteiger partial charge in [0.1, 0.15) is 0 Å². The van der Waals surface area contributed by atoms with E-state index in [2.05, 4.69) is 14.9 Å². The van der Waals surface area contributed by atoms with Crippen molar-refractivity contribution >= 4 is 43.3 Å². The molecular formula is C8H8N4O4S3. The molecule has 8 nitrogen and oxygen atoms in total. The first-order valence-electron chi connectivity index (χ1n) is 4.71. The molecule has 2 aromatic rings. The number of aromatic nitrogens is 2. The van der Waals surface area contributed by atoms with Gasteiger partial charge in [0, 0.05) is 5.69 Å². The van der Waals surface area contributed by atoms with Crippen molar-refractivity contribution in [3.63, 3.8) is 0 Å². The van der Waals surface area contributed by atoms with Crippen molar-refractivity contribution in [3.8, 4) is 0 Å². The highest BCUT2D eigenvalue weighted by atomic mass is 32.2. The number of hydrogen-bond donors (Lipinski definition) is 3. The predicted molar refractivity (Wildman–Crippen MR) is 70.6 cm³/mol. The summed E-state index contributed by atoms with van der Waals surface area (Å²) >= 11 is -1.61. The Morgan fingerprint density at radius 2 is 1.89 bits per heavy atom. The molecule has 0 aliphatic carbocycles. The van der Waals surface area contributed by atoms with Crippen molar-refractivity contribution < 1.29 is 17.2 Å². The van der Waals surface area contributed by atoms with Crippen LogP contribution in [0.3, 0.4) is 0 Å². The lowest BCUT2D eigenvalue weighted by Crippen LogP contribution is -2.12. The van der Waals surface area contributed by atoms with Gasteiger partial charge in [0.05, 0.1) is 4.90 Å². The van der Waals surface area contributed by atoms with E-state index in [1.165, 1.54) is 24.3 Å². The quantitative estimate of drug-likeness (QED) is 0.551. The summed E-state index contributed by atoms with van der Waals surface area (Å²) in [5.74, 6) is 0. The number of hydrogen-bond acceptors (Lipinski definition) is 7. The Hall–Kier alpha value is -1.56. The molecule has 102 valence electrons. The smallest absolute Gasteiger partial charge is 0.263 e. The van der Waals surface area contributed by atoms with Gasteiger partial charge < -0.3 is 10.3 Å². The lowest BCUT2D eigenvalue weighted by atomic mass is 10.3. The molecule has 0 saturated carbocycles. The highest BCUT2D eigenvalue weighted by molar-refractivity contribution is 7.93. The van der Waals surface area contributed by atoms with Gasteiger partial charge in [0.15, 0.2) is 0 Å². The third-order valence-electron chi connectivity index (χ3n) is 1.97. The summed E-state index contributed by atoms with van der Waals surface area (Å²) < 4.78 is 45.3. The fourth-order valence-corrected chi connectivity index (χ4v) is 3.48. The monoisotopic (exact) mass is 320 g/mol. The van der Waals surface area contributed by atoms with Crippen LogP contribution in [0.25, 0.3) is 0 Å². The third kappa shape index (κ3) is 3.26. The molecule has 0 fully saturated rings.